The van der Waals surface area contributed by atoms with Gasteiger partial charge in [0.1, 0.15) is 0 Å². The summed E-state index contributed by atoms with van der Waals surface area (Å²) in [6.45, 7) is 2.02. The van der Waals surface area contributed by atoms with E-state index in [2.05, 4.69) is 0 Å². The number of rotatable bonds is 12. The van der Waals surface area contributed by atoms with Crippen molar-refractivity contribution in [1.82, 2.24) is 0 Å². The molecule has 0 aliphatic carbocycles. The van der Waals surface area contributed by atoms with Crippen molar-refractivity contribution < 1.29 is 4.79 Å². The highest BCUT2D eigenvalue weighted by atomic mass is 35.8. The molecule has 0 aromatic carbocycles. The van der Waals surface area contributed by atoms with Crippen LogP contribution in [0.3, 0.4) is 0 Å². The fourth-order valence-corrected chi connectivity index (χ4v) is 4.35. The largest absolute Gasteiger partial charge is 0.341 e. The average Bonchev–Trinajstić information content (AvgIpc) is 2.30. The van der Waals surface area contributed by atoms with Crippen molar-refractivity contribution in [3.63, 3.8) is 0 Å². The van der Waals surface area contributed by atoms with Crippen LogP contribution in [0.1, 0.15) is 64.7 Å². The number of hydrogen-bond acceptors (Lipinski definition) is 2. The van der Waals surface area contributed by atoms with Crippen LogP contribution in [0, 0.1) is 0 Å². The van der Waals surface area contributed by atoms with Crippen molar-refractivity contribution in [2.75, 3.05) is 5.75 Å². The highest BCUT2D eigenvalue weighted by Crippen LogP contribution is 2.27. The van der Waals surface area contributed by atoms with Gasteiger partial charge in [0.2, 0.25) is 0 Å². The molecule has 0 unspecified atom stereocenters. The van der Waals surface area contributed by atoms with E-state index in [0.717, 1.165) is 31.1 Å². The van der Waals surface area contributed by atoms with E-state index in [0.29, 0.717) is 5.12 Å². The van der Waals surface area contributed by atoms with E-state index in [1.165, 1.54) is 50.3 Å². The van der Waals surface area contributed by atoms with Crippen LogP contribution >= 0.6 is 45.0 Å². The fourth-order valence-electron chi connectivity index (χ4n) is 1.89. The van der Waals surface area contributed by atoms with Gasteiger partial charge in [0.25, 0.3) is 0 Å². The molecule has 0 aromatic heterocycles. The van der Waals surface area contributed by atoms with Gasteiger partial charge in [0, 0.05) is 6.42 Å². The van der Waals surface area contributed by atoms with E-state index in [4.69, 9.17) is 33.2 Å². The Bertz CT molecular complexity index is 234. The van der Waals surface area contributed by atoms with Crippen LogP contribution < -0.4 is 0 Å². The molecule has 6 heteroatoms. The molecule has 0 aromatic rings. The van der Waals surface area contributed by atoms with E-state index < -0.39 is 6.00 Å². The van der Waals surface area contributed by atoms with Crippen LogP contribution in [0.4, 0.5) is 0 Å². The fraction of sp³-hybridized carbons (Fsp3) is 0.923. The number of carbonyl (C=O) groups is 1. The zero-order valence-corrected chi connectivity index (χ0v) is 15.8. The molecule has 0 N–H and O–H groups in total. The molecule has 0 atom stereocenters. The Morgan fingerprint density at radius 2 is 1.37 bits per heavy atom. The second kappa shape index (κ2) is 12.8. The Labute approximate surface area is 137 Å². The third-order valence-corrected chi connectivity index (χ3v) is 6.33. The van der Waals surface area contributed by atoms with E-state index >= 15 is 0 Å². The molecule has 0 radical (unpaired) electrons. The summed E-state index contributed by atoms with van der Waals surface area (Å²) in [7, 11) is 0. The summed E-state index contributed by atoms with van der Waals surface area (Å²) >= 11 is 18.9. The first-order valence-corrected chi connectivity index (χ1v) is 13.4. The smallest absolute Gasteiger partial charge is 0.287 e. The molecule has 0 fully saturated rings. The molecular weight excluding hydrogens is 339 g/mol. The number of halogens is 3. The molecule has 0 spiro atoms. The maximum Gasteiger partial charge on any atom is 0.341 e. The third kappa shape index (κ3) is 17.1. The molecule has 114 valence electrons. The molecule has 19 heavy (non-hydrogen) atoms. The van der Waals surface area contributed by atoms with Crippen LogP contribution in [-0.2, 0) is 4.79 Å². The van der Waals surface area contributed by atoms with Crippen molar-refractivity contribution >= 4 is 56.1 Å². The van der Waals surface area contributed by atoms with Crippen molar-refractivity contribution in [2.24, 2.45) is 0 Å². The monoisotopic (exact) mass is 362 g/mol. The number of carbonyl (C=O) groups excluding carboxylic acids is 1. The lowest BCUT2D eigenvalue weighted by Crippen LogP contribution is -2.07. The topological polar surface area (TPSA) is 17.1 Å². The van der Waals surface area contributed by atoms with Crippen LogP contribution in [0.2, 0.25) is 6.04 Å². The second-order valence-corrected chi connectivity index (χ2v) is 15.3. The predicted octanol–water partition coefficient (Wildman–Crippen LogP) is 6.43. The number of unbranched alkanes of at least 4 members (excludes halogenated alkanes) is 7. The van der Waals surface area contributed by atoms with Gasteiger partial charge < -0.3 is 0 Å². The highest BCUT2D eigenvalue weighted by Gasteiger charge is 2.23. The highest BCUT2D eigenvalue weighted by molar-refractivity contribution is 8.13. The predicted molar refractivity (Wildman–Crippen MR) is 92.8 cm³/mol. The van der Waals surface area contributed by atoms with Crippen molar-refractivity contribution in [3.8, 4) is 0 Å². The number of hydrogen-bond donors (Lipinski definition) is 0. The molecule has 0 saturated heterocycles. The van der Waals surface area contributed by atoms with Gasteiger partial charge in [-0.25, -0.2) is 0 Å². The van der Waals surface area contributed by atoms with E-state index in [1.54, 1.807) is 0 Å². The SMILES string of the molecule is CCSC(=O)CCCCCCCCCC[Si](Cl)(Cl)Cl. The Morgan fingerprint density at radius 1 is 0.895 bits per heavy atom. The van der Waals surface area contributed by atoms with Gasteiger partial charge >= 0.3 is 6.00 Å². The first-order chi connectivity index (χ1) is 8.95. The first-order valence-electron chi connectivity index (χ1n) is 7.18. The molecule has 0 rings (SSSR count). The maximum atomic E-state index is 11.3. The van der Waals surface area contributed by atoms with Crippen LogP contribution in [-0.4, -0.2) is 16.9 Å². The van der Waals surface area contributed by atoms with E-state index in [-0.39, 0.29) is 0 Å². The standard InChI is InChI=1S/C13H25Cl3OSSi/c1-2-18-13(17)11-9-7-5-3-4-6-8-10-12-19(14,15)16/h2-12H2,1H3. The zero-order valence-electron chi connectivity index (χ0n) is 11.7. The second-order valence-electron chi connectivity index (χ2n) is 4.75. The Balaban J connectivity index is 3.13. The summed E-state index contributed by atoms with van der Waals surface area (Å²) in [5, 5.41) is 0.346. The Morgan fingerprint density at radius 3 is 1.84 bits per heavy atom. The Kier molecular flexibility index (Phi) is 13.6. The molecule has 1 nitrogen and oxygen atoms in total. The average molecular weight is 364 g/mol. The third-order valence-electron chi connectivity index (χ3n) is 2.90. The molecule has 0 saturated carbocycles. The lowest BCUT2D eigenvalue weighted by atomic mass is 10.1. The van der Waals surface area contributed by atoms with Crippen molar-refractivity contribution in [1.29, 1.82) is 0 Å². The number of thioether (sulfide) groups is 1. The van der Waals surface area contributed by atoms with Crippen LogP contribution in [0.15, 0.2) is 0 Å². The maximum absolute atomic E-state index is 11.3. The Hall–Kier alpha value is 1.11. The molecule has 0 aliphatic rings. The van der Waals surface area contributed by atoms with Gasteiger partial charge in [-0.15, -0.1) is 33.2 Å². The zero-order chi connectivity index (χ0) is 14.6. The first kappa shape index (κ1) is 20.1. The van der Waals surface area contributed by atoms with Gasteiger partial charge in [-0.2, -0.15) is 0 Å². The summed E-state index contributed by atoms with van der Waals surface area (Å²) < 4.78 is 0. The van der Waals surface area contributed by atoms with Gasteiger partial charge in [-0.3, -0.25) is 4.79 Å². The molecule has 0 heterocycles. The van der Waals surface area contributed by atoms with Crippen molar-refractivity contribution in [3.05, 3.63) is 0 Å². The van der Waals surface area contributed by atoms with Crippen molar-refractivity contribution in [2.45, 2.75) is 70.8 Å². The molecular formula is C13H25Cl3OSSi. The van der Waals surface area contributed by atoms with Gasteiger partial charge in [-0.05, 0) is 18.2 Å². The van der Waals surface area contributed by atoms with Crippen LogP contribution in [0.25, 0.3) is 0 Å². The summed E-state index contributed by atoms with van der Waals surface area (Å²) in [4.78, 5) is 11.3. The lowest BCUT2D eigenvalue weighted by molar-refractivity contribution is -0.111. The van der Waals surface area contributed by atoms with Gasteiger partial charge in [0.15, 0.2) is 5.12 Å². The minimum Gasteiger partial charge on any atom is -0.287 e. The molecule has 0 aliphatic heterocycles. The molecule has 0 amide bonds. The normalized spacial score (nSPS) is 11.8. The summed E-state index contributed by atoms with van der Waals surface area (Å²) in [6, 6.07) is -1.59. The summed E-state index contributed by atoms with van der Waals surface area (Å²) in [5.74, 6) is 0.899. The lowest BCUT2D eigenvalue weighted by Gasteiger charge is -2.06. The summed E-state index contributed by atoms with van der Waals surface area (Å²) in [6.07, 6.45) is 10.2. The summed E-state index contributed by atoms with van der Waals surface area (Å²) in [5.41, 5.74) is 0. The van der Waals surface area contributed by atoms with E-state index in [1.807, 2.05) is 6.92 Å². The minimum absolute atomic E-state index is 0.346. The quantitative estimate of drug-likeness (QED) is 0.226. The van der Waals surface area contributed by atoms with Gasteiger partial charge in [0.05, 0.1) is 0 Å². The van der Waals surface area contributed by atoms with Gasteiger partial charge in [-0.1, -0.05) is 63.6 Å². The minimum atomic E-state index is -2.38. The van der Waals surface area contributed by atoms with E-state index in [9.17, 15) is 4.79 Å². The van der Waals surface area contributed by atoms with Crippen LogP contribution in [0.5, 0.6) is 0 Å². The molecule has 0 bridgehead atoms.